The molecule has 0 amide bonds. The van der Waals surface area contributed by atoms with Gasteiger partial charge in [0.1, 0.15) is 17.5 Å². The van der Waals surface area contributed by atoms with Crippen molar-refractivity contribution in [2.24, 2.45) is 12.1 Å². The molecule has 2 aromatic heterocycles. The number of halogens is 1. The highest BCUT2D eigenvalue weighted by Gasteiger charge is 2.17. The quantitative estimate of drug-likeness (QED) is 0.681. The largest absolute Gasteiger partial charge is 0.371 e. The van der Waals surface area contributed by atoms with E-state index in [9.17, 15) is 9.18 Å². The first-order valence-electron chi connectivity index (χ1n) is 8.12. The summed E-state index contributed by atoms with van der Waals surface area (Å²) in [4.78, 5) is 18.8. The maximum atomic E-state index is 14.3. The summed E-state index contributed by atoms with van der Waals surface area (Å²) in [6, 6.07) is 4.96. The molecule has 4 rings (SSSR count). The fraction of sp³-hybridized carbons (Fsp3) is 0.294. The Morgan fingerprint density at radius 1 is 1.28 bits per heavy atom. The highest BCUT2D eigenvalue weighted by Crippen LogP contribution is 2.25. The predicted molar refractivity (Wildman–Crippen MR) is 93.6 cm³/mol. The van der Waals surface area contributed by atoms with E-state index in [1.165, 1.54) is 29.5 Å². The van der Waals surface area contributed by atoms with Gasteiger partial charge in [0.2, 0.25) is 0 Å². The van der Waals surface area contributed by atoms with Crippen molar-refractivity contribution in [3.63, 3.8) is 0 Å². The van der Waals surface area contributed by atoms with E-state index >= 15 is 0 Å². The van der Waals surface area contributed by atoms with Crippen molar-refractivity contribution in [2.75, 3.05) is 18.0 Å². The van der Waals surface area contributed by atoms with Crippen LogP contribution in [0.4, 0.5) is 10.1 Å². The third-order valence-corrected chi connectivity index (χ3v) is 4.42. The third kappa shape index (κ3) is 2.69. The zero-order valence-corrected chi connectivity index (χ0v) is 13.8. The fourth-order valence-corrected chi connectivity index (χ4v) is 3.11. The van der Waals surface area contributed by atoms with Crippen LogP contribution in [0, 0.1) is 5.82 Å². The van der Waals surface area contributed by atoms with Gasteiger partial charge >= 0.3 is 0 Å². The molecule has 1 fully saturated rings. The molecule has 128 valence electrons. The Balaban J connectivity index is 1.75. The maximum Gasteiger partial charge on any atom is 0.285 e. The molecular weight excluding hydrogens is 323 g/mol. The van der Waals surface area contributed by atoms with Gasteiger partial charge in [0.25, 0.3) is 5.56 Å². The van der Waals surface area contributed by atoms with Crippen LogP contribution in [0.3, 0.4) is 0 Å². The number of hydrogen-bond acceptors (Lipinski definition) is 5. The molecule has 7 nitrogen and oxygen atoms in total. The molecule has 0 saturated carbocycles. The van der Waals surface area contributed by atoms with Crippen molar-refractivity contribution in [3.05, 3.63) is 52.5 Å². The normalized spacial score (nSPS) is 14.9. The van der Waals surface area contributed by atoms with E-state index in [0.717, 1.165) is 36.3 Å². The zero-order valence-electron chi connectivity index (χ0n) is 13.8. The molecule has 0 N–H and O–H groups in total. The van der Waals surface area contributed by atoms with Gasteiger partial charge in [-0.15, -0.1) is 0 Å². The Labute approximate surface area is 143 Å². The lowest BCUT2D eigenvalue weighted by molar-refractivity contribution is 0.625. The number of benzene rings is 1. The Bertz CT molecular complexity index is 1020. The van der Waals surface area contributed by atoms with Crippen molar-refractivity contribution < 1.29 is 4.39 Å². The minimum Gasteiger partial charge on any atom is -0.371 e. The highest BCUT2D eigenvalue weighted by atomic mass is 19.1. The maximum absolute atomic E-state index is 14.3. The molecule has 0 bridgehead atoms. The average Bonchev–Trinajstić information content (AvgIpc) is 3.26. The van der Waals surface area contributed by atoms with Crippen LogP contribution in [0.15, 0.2) is 40.6 Å². The van der Waals surface area contributed by atoms with E-state index in [1.54, 1.807) is 13.1 Å². The molecule has 8 heteroatoms. The summed E-state index contributed by atoms with van der Waals surface area (Å²) in [5.41, 5.74) is 1.32. The lowest BCUT2D eigenvalue weighted by Gasteiger charge is -2.20. The van der Waals surface area contributed by atoms with Crippen molar-refractivity contribution in [1.82, 2.24) is 19.4 Å². The number of hydrogen-bond donors (Lipinski definition) is 0. The number of rotatable bonds is 3. The monoisotopic (exact) mass is 340 g/mol. The molecule has 1 aromatic carbocycles. The van der Waals surface area contributed by atoms with Crippen LogP contribution in [0.25, 0.3) is 11.0 Å². The molecule has 25 heavy (non-hydrogen) atoms. The van der Waals surface area contributed by atoms with E-state index in [-0.39, 0.29) is 11.4 Å². The van der Waals surface area contributed by atoms with Crippen LogP contribution < -0.4 is 10.5 Å². The predicted octanol–water partition coefficient (Wildman–Crippen LogP) is 1.75. The molecule has 1 saturated heterocycles. The van der Waals surface area contributed by atoms with E-state index in [0.29, 0.717) is 16.6 Å². The summed E-state index contributed by atoms with van der Waals surface area (Å²) in [5, 5.41) is 8.53. The molecule has 0 radical (unpaired) electrons. The summed E-state index contributed by atoms with van der Waals surface area (Å²) >= 11 is 0. The van der Waals surface area contributed by atoms with Crippen LogP contribution in [-0.4, -0.2) is 38.7 Å². The summed E-state index contributed by atoms with van der Waals surface area (Å²) in [7, 11) is 1.71. The SMILES string of the molecule is Cn1ncc2c(=O)n(/N=C/c3c(F)cccc3N3CCCC3)cnc21. The van der Waals surface area contributed by atoms with Gasteiger partial charge in [-0.25, -0.2) is 9.37 Å². The second-order valence-corrected chi connectivity index (χ2v) is 6.01. The van der Waals surface area contributed by atoms with Crippen LogP contribution in [0.2, 0.25) is 0 Å². The Kier molecular flexibility index (Phi) is 3.79. The molecule has 0 unspecified atom stereocenters. The lowest BCUT2D eigenvalue weighted by Crippen LogP contribution is -2.20. The van der Waals surface area contributed by atoms with E-state index in [4.69, 9.17) is 0 Å². The van der Waals surface area contributed by atoms with Crippen LogP contribution in [0.5, 0.6) is 0 Å². The summed E-state index contributed by atoms with van der Waals surface area (Å²) in [5.74, 6) is -0.364. The lowest BCUT2D eigenvalue weighted by atomic mass is 10.1. The summed E-state index contributed by atoms with van der Waals surface area (Å²) in [6.07, 6.45) is 6.34. The zero-order chi connectivity index (χ0) is 17.4. The smallest absolute Gasteiger partial charge is 0.285 e. The van der Waals surface area contributed by atoms with E-state index in [2.05, 4.69) is 20.1 Å². The van der Waals surface area contributed by atoms with Gasteiger partial charge < -0.3 is 4.90 Å². The number of nitrogens with zero attached hydrogens (tertiary/aromatic N) is 6. The van der Waals surface area contributed by atoms with Crippen molar-refractivity contribution in [2.45, 2.75) is 12.8 Å². The van der Waals surface area contributed by atoms with Crippen LogP contribution in [0.1, 0.15) is 18.4 Å². The fourth-order valence-electron chi connectivity index (χ4n) is 3.11. The van der Waals surface area contributed by atoms with Gasteiger partial charge in [-0.05, 0) is 25.0 Å². The topological polar surface area (TPSA) is 68.3 Å². The van der Waals surface area contributed by atoms with Crippen LogP contribution in [-0.2, 0) is 7.05 Å². The van der Waals surface area contributed by atoms with Crippen molar-refractivity contribution in [3.8, 4) is 0 Å². The Morgan fingerprint density at radius 2 is 2.08 bits per heavy atom. The van der Waals surface area contributed by atoms with Gasteiger partial charge in [0.15, 0.2) is 5.65 Å². The number of fused-ring (bicyclic) bond motifs is 1. The summed E-state index contributed by atoms with van der Waals surface area (Å²) < 4.78 is 17.0. The summed E-state index contributed by atoms with van der Waals surface area (Å²) in [6.45, 7) is 1.79. The van der Waals surface area contributed by atoms with Crippen molar-refractivity contribution in [1.29, 1.82) is 0 Å². The molecule has 0 atom stereocenters. The number of aryl methyl sites for hydroxylation is 1. The third-order valence-electron chi connectivity index (χ3n) is 4.42. The molecule has 0 spiro atoms. The first-order valence-corrected chi connectivity index (χ1v) is 8.12. The molecule has 0 aliphatic carbocycles. The second kappa shape index (κ2) is 6.12. The highest BCUT2D eigenvalue weighted by molar-refractivity contribution is 5.88. The minimum absolute atomic E-state index is 0.339. The van der Waals surface area contributed by atoms with Gasteiger partial charge in [0.05, 0.1) is 18.0 Å². The average molecular weight is 340 g/mol. The molecule has 1 aliphatic rings. The molecule has 1 aliphatic heterocycles. The van der Waals surface area contributed by atoms with Gasteiger partial charge in [-0.1, -0.05) is 6.07 Å². The minimum atomic E-state index is -0.364. The Hall–Kier alpha value is -3.03. The van der Waals surface area contributed by atoms with E-state index in [1.807, 2.05) is 6.07 Å². The second-order valence-electron chi connectivity index (χ2n) is 6.01. The van der Waals surface area contributed by atoms with E-state index < -0.39 is 0 Å². The number of anilines is 1. The van der Waals surface area contributed by atoms with Crippen LogP contribution >= 0.6 is 0 Å². The van der Waals surface area contributed by atoms with Crippen molar-refractivity contribution >= 4 is 22.9 Å². The number of aromatic nitrogens is 4. The first-order chi connectivity index (χ1) is 12.1. The molecule has 3 aromatic rings. The van der Waals surface area contributed by atoms with Gasteiger partial charge in [-0.3, -0.25) is 9.48 Å². The Morgan fingerprint density at radius 3 is 2.88 bits per heavy atom. The van der Waals surface area contributed by atoms with Gasteiger partial charge in [0, 0.05) is 25.8 Å². The van der Waals surface area contributed by atoms with Gasteiger partial charge in [-0.2, -0.15) is 14.9 Å². The molecule has 3 heterocycles. The molecular formula is C17H17FN6O. The standard InChI is InChI=1S/C17H17FN6O/c1-22-16-13(10-20-22)17(25)24(11-19-16)21-9-12-14(18)5-4-6-15(12)23-7-2-3-8-23/h4-6,9-11H,2-3,7-8H2,1H3/b21-9+. The first kappa shape index (κ1) is 15.5.